The van der Waals surface area contributed by atoms with Crippen LogP contribution >= 0.6 is 0 Å². The highest BCUT2D eigenvalue weighted by Gasteiger charge is 2.46. The Hall–Kier alpha value is -2.16. The highest BCUT2D eigenvalue weighted by Crippen LogP contribution is 2.53. The molecule has 2 aromatic rings. The maximum atomic E-state index is 13.2. The highest BCUT2D eigenvalue weighted by atomic mass is 19.1. The van der Waals surface area contributed by atoms with Crippen molar-refractivity contribution in [3.8, 4) is 0 Å². The van der Waals surface area contributed by atoms with Gasteiger partial charge in [-0.05, 0) is 54.7 Å². The summed E-state index contributed by atoms with van der Waals surface area (Å²) in [6.07, 6.45) is 2.04. The summed E-state index contributed by atoms with van der Waals surface area (Å²) in [5.41, 5.74) is 3.88. The Morgan fingerprint density at radius 1 is 1.10 bits per heavy atom. The Bertz CT molecular complexity index is 709. The fourth-order valence-electron chi connectivity index (χ4n) is 3.83. The van der Waals surface area contributed by atoms with Crippen LogP contribution in [-0.4, -0.2) is 10.8 Å². The average Bonchev–Trinajstić information content (AvgIpc) is 3.03. The van der Waals surface area contributed by atoms with Crippen LogP contribution in [0.25, 0.3) is 0 Å². The molecule has 0 radical (unpaired) electrons. The Morgan fingerprint density at radius 2 is 1.71 bits per heavy atom. The number of halogens is 1. The van der Waals surface area contributed by atoms with Crippen LogP contribution in [0.2, 0.25) is 0 Å². The summed E-state index contributed by atoms with van der Waals surface area (Å²) in [7, 11) is 0. The van der Waals surface area contributed by atoms with Crippen molar-refractivity contribution in [2.45, 2.75) is 31.8 Å². The quantitative estimate of drug-likeness (QED) is 0.768. The van der Waals surface area contributed by atoms with Gasteiger partial charge in [-0.3, -0.25) is 4.79 Å². The van der Waals surface area contributed by atoms with E-state index in [0.29, 0.717) is 11.1 Å². The van der Waals surface area contributed by atoms with Crippen LogP contribution in [0.5, 0.6) is 0 Å². The zero-order valence-corrected chi connectivity index (χ0v) is 11.8. The molecule has 106 valence electrons. The molecule has 2 aliphatic rings. The molecule has 1 amide bonds. The van der Waals surface area contributed by atoms with Crippen molar-refractivity contribution in [3.05, 3.63) is 70.5 Å². The Kier molecular flexibility index (Phi) is 2.64. The first-order valence-electron chi connectivity index (χ1n) is 7.34. The monoisotopic (exact) mass is 281 g/mol. The van der Waals surface area contributed by atoms with Gasteiger partial charge in [0, 0.05) is 5.56 Å². The number of nitrogens with zero attached hydrogens (tertiary/aromatic N) is 1. The average molecular weight is 281 g/mol. The summed E-state index contributed by atoms with van der Waals surface area (Å²) in [5.74, 6) is -0.270. The molecule has 2 heterocycles. The van der Waals surface area contributed by atoms with Crippen molar-refractivity contribution in [1.29, 1.82) is 0 Å². The Labute approximate surface area is 123 Å². The van der Waals surface area contributed by atoms with Crippen molar-refractivity contribution in [3.63, 3.8) is 0 Å². The molecule has 3 heteroatoms. The molecule has 1 fully saturated rings. The van der Waals surface area contributed by atoms with Crippen LogP contribution in [0.4, 0.5) is 4.39 Å². The number of aryl methyl sites for hydroxylation is 1. The second kappa shape index (κ2) is 4.42. The van der Waals surface area contributed by atoms with Gasteiger partial charge in [-0.2, -0.15) is 0 Å². The van der Waals surface area contributed by atoms with Crippen LogP contribution in [-0.2, 0) is 0 Å². The predicted molar refractivity (Wildman–Crippen MR) is 78.5 cm³/mol. The van der Waals surface area contributed by atoms with E-state index in [-0.39, 0.29) is 23.8 Å². The normalized spacial score (nSPS) is 22.5. The fourth-order valence-corrected chi connectivity index (χ4v) is 3.83. The SMILES string of the molecule is Cc1cc(F)ccc1C(=O)N1C2CCC1c1ccccc12. The molecular formula is C18H16FNO. The van der Waals surface area contributed by atoms with Crippen LogP contribution in [0, 0.1) is 12.7 Å². The summed E-state index contributed by atoms with van der Waals surface area (Å²) in [4.78, 5) is 14.9. The lowest BCUT2D eigenvalue weighted by Gasteiger charge is -2.23. The van der Waals surface area contributed by atoms with E-state index in [0.717, 1.165) is 12.8 Å². The number of amides is 1. The largest absolute Gasteiger partial charge is 0.325 e. The van der Waals surface area contributed by atoms with Crippen molar-refractivity contribution in [2.24, 2.45) is 0 Å². The Morgan fingerprint density at radius 3 is 2.29 bits per heavy atom. The second-order valence-electron chi connectivity index (χ2n) is 5.91. The van der Waals surface area contributed by atoms with Crippen LogP contribution in [0.15, 0.2) is 42.5 Å². The van der Waals surface area contributed by atoms with Gasteiger partial charge in [-0.25, -0.2) is 4.39 Å². The Balaban J connectivity index is 1.74. The van der Waals surface area contributed by atoms with Crippen molar-refractivity contribution in [1.82, 2.24) is 4.90 Å². The van der Waals surface area contributed by atoms with Gasteiger partial charge < -0.3 is 4.90 Å². The molecule has 2 nitrogen and oxygen atoms in total. The van der Waals surface area contributed by atoms with E-state index < -0.39 is 0 Å². The first-order valence-corrected chi connectivity index (χ1v) is 7.34. The smallest absolute Gasteiger partial charge is 0.255 e. The lowest BCUT2D eigenvalue weighted by molar-refractivity contribution is 0.0696. The number of carbonyl (C=O) groups excluding carboxylic acids is 1. The molecular weight excluding hydrogens is 265 g/mol. The van der Waals surface area contributed by atoms with E-state index in [2.05, 4.69) is 12.1 Å². The summed E-state index contributed by atoms with van der Waals surface area (Å²) in [6.45, 7) is 1.79. The van der Waals surface area contributed by atoms with E-state index in [1.54, 1.807) is 13.0 Å². The number of carbonyl (C=O) groups is 1. The minimum Gasteiger partial charge on any atom is -0.325 e. The number of hydrogen-bond donors (Lipinski definition) is 0. The predicted octanol–water partition coefficient (Wildman–Crippen LogP) is 4.17. The summed E-state index contributed by atoms with van der Waals surface area (Å²) in [5, 5.41) is 0. The van der Waals surface area contributed by atoms with Gasteiger partial charge in [0.15, 0.2) is 0 Å². The van der Waals surface area contributed by atoms with E-state index in [1.165, 1.54) is 23.3 Å². The first-order chi connectivity index (χ1) is 10.2. The van der Waals surface area contributed by atoms with Gasteiger partial charge in [-0.1, -0.05) is 24.3 Å². The van der Waals surface area contributed by atoms with Crippen molar-refractivity contribution >= 4 is 5.91 Å². The maximum absolute atomic E-state index is 13.2. The van der Waals surface area contributed by atoms with Crippen LogP contribution in [0.3, 0.4) is 0 Å². The second-order valence-corrected chi connectivity index (χ2v) is 5.91. The molecule has 21 heavy (non-hydrogen) atoms. The van der Waals surface area contributed by atoms with Gasteiger partial charge in [0.05, 0.1) is 12.1 Å². The molecule has 2 atom stereocenters. The van der Waals surface area contributed by atoms with E-state index in [9.17, 15) is 9.18 Å². The molecule has 0 aliphatic carbocycles. The summed E-state index contributed by atoms with van der Waals surface area (Å²) < 4.78 is 13.2. The standard InChI is InChI=1S/C18H16FNO/c1-11-10-12(19)6-7-13(11)18(21)20-16-8-9-17(20)15-5-3-2-4-14(15)16/h2-7,10,16-17H,8-9H2,1H3. The van der Waals surface area contributed by atoms with Crippen molar-refractivity contribution < 1.29 is 9.18 Å². The number of fused-ring (bicyclic) bond motifs is 5. The highest BCUT2D eigenvalue weighted by molar-refractivity contribution is 5.97. The number of benzene rings is 2. The van der Waals surface area contributed by atoms with Crippen molar-refractivity contribution in [2.75, 3.05) is 0 Å². The van der Waals surface area contributed by atoms with Gasteiger partial charge in [0.2, 0.25) is 0 Å². The molecule has 4 rings (SSSR count). The third-order valence-electron chi connectivity index (χ3n) is 4.75. The van der Waals surface area contributed by atoms with E-state index in [4.69, 9.17) is 0 Å². The maximum Gasteiger partial charge on any atom is 0.255 e. The lowest BCUT2D eigenvalue weighted by atomic mass is 9.92. The topological polar surface area (TPSA) is 20.3 Å². The molecule has 0 spiro atoms. The van der Waals surface area contributed by atoms with Crippen LogP contribution in [0.1, 0.15) is 52.0 Å². The van der Waals surface area contributed by atoms with E-state index >= 15 is 0 Å². The molecule has 0 N–H and O–H groups in total. The molecule has 1 saturated heterocycles. The minimum atomic E-state index is -0.295. The fraction of sp³-hybridized carbons (Fsp3) is 0.278. The minimum absolute atomic E-state index is 0.0243. The number of hydrogen-bond acceptors (Lipinski definition) is 1. The molecule has 2 unspecified atom stereocenters. The zero-order chi connectivity index (χ0) is 14.6. The molecule has 2 aliphatic heterocycles. The first kappa shape index (κ1) is 12.6. The third kappa shape index (κ3) is 1.73. The molecule has 0 saturated carbocycles. The molecule has 2 aromatic carbocycles. The van der Waals surface area contributed by atoms with Gasteiger partial charge in [0.1, 0.15) is 5.82 Å². The number of rotatable bonds is 1. The molecule has 2 bridgehead atoms. The lowest BCUT2D eigenvalue weighted by Crippen LogP contribution is -2.28. The van der Waals surface area contributed by atoms with E-state index in [1.807, 2.05) is 17.0 Å². The molecule has 0 aromatic heterocycles. The van der Waals surface area contributed by atoms with Gasteiger partial charge >= 0.3 is 0 Å². The summed E-state index contributed by atoms with van der Waals surface area (Å²) >= 11 is 0. The third-order valence-corrected chi connectivity index (χ3v) is 4.75. The van der Waals surface area contributed by atoms with Crippen LogP contribution < -0.4 is 0 Å². The summed E-state index contributed by atoms with van der Waals surface area (Å²) in [6, 6.07) is 13.1. The van der Waals surface area contributed by atoms with Gasteiger partial charge in [0.25, 0.3) is 5.91 Å². The zero-order valence-electron chi connectivity index (χ0n) is 11.8. The van der Waals surface area contributed by atoms with Gasteiger partial charge in [-0.15, -0.1) is 0 Å².